The van der Waals surface area contributed by atoms with Gasteiger partial charge in [0.1, 0.15) is 11.7 Å². The first-order valence-corrected chi connectivity index (χ1v) is 5.35. The van der Waals surface area contributed by atoms with Crippen LogP contribution in [0, 0.1) is 5.92 Å². The molecular formula is C11H20O3. The van der Waals surface area contributed by atoms with E-state index in [2.05, 4.69) is 13.8 Å². The van der Waals surface area contributed by atoms with E-state index in [-0.39, 0.29) is 6.10 Å². The number of ether oxygens (including phenoxy) is 2. The second-order valence-corrected chi connectivity index (χ2v) is 4.65. The van der Waals surface area contributed by atoms with Gasteiger partial charge in [0.2, 0.25) is 0 Å². The van der Waals surface area contributed by atoms with Gasteiger partial charge in [0.25, 0.3) is 0 Å². The van der Waals surface area contributed by atoms with E-state index in [0.29, 0.717) is 5.92 Å². The second-order valence-electron chi connectivity index (χ2n) is 4.65. The monoisotopic (exact) mass is 200 g/mol. The van der Waals surface area contributed by atoms with Gasteiger partial charge in [-0.25, -0.2) is 4.79 Å². The number of hydrogen-bond donors (Lipinski definition) is 0. The zero-order valence-corrected chi connectivity index (χ0v) is 9.50. The summed E-state index contributed by atoms with van der Waals surface area (Å²) in [6, 6.07) is 0. The predicted molar refractivity (Wildman–Crippen MR) is 54.1 cm³/mol. The highest BCUT2D eigenvalue weighted by atomic mass is 16.8. The molecule has 0 aliphatic carbocycles. The summed E-state index contributed by atoms with van der Waals surface area (Å²) in [5.74, 6) is 0.685. The molecule has 3 heteroatoms. The Balaban J connectivity index is 2.41. The first-order chi connectivity index (χ1) is 6.45. The number of carbonyl (C=O) groups is 1. The Labute approximate surface area is 85.8 Å². The van der Waals surface area contributed by atoms with Gasteiger partial charge in [-0.2, -0.15) is 0 Å². The van der Waals surface area contributed by atoms with Crippen LogP contribution in [0.4, 0.5) is 4.79 Å². The smallest absolute Gasteiger partial charge is 0.427 e. The molecule has 0 amide bonds. The molecule has 2 atom stereocenters. The highest BCUT2D eigenvalue weighted by Crippen LogP contribution is 2.30. The summed E-state index contributed by atoms with van der Waals surface area (Å²) in [6.45, 7) is 8.19. The molecule has 1 fully saturated rings. The first kappa shape index (κ1) is 11.3. The van der Waals surface area contributed by atoms with Gasteiger partial charge in [-0.1, -0.05) is 20.3 Å². The average molecular weight is 200 g/mol. The van der Waals surface area contributed by atoms with Gasteiger partial charge in [0.05, 0.1) is 0 Å². The molecule has 0 N–H and O–H groups in total. The SMILES string of the molecule is CC[C@H](C)CC[C@H]1OC(=O)OC1(C)C. The molecule has 1 saturated heterocycles. The van der Waals surface area contributed by atoms with Crippen molar-refractivity contribution < 1.29 is 14.3 Å². The van der Waals surface area contributed by atoms with Crippen molar-refractivity contribution in [1.82, 2.24) is 0 Å². The van der Waals surface area contributed by atoms with Crippen molar-refractivity contribution in [3.63, 3.8) is 0 Å². The fourth-order valence-electron chi connectivity index (χ4n) is 1.61. The van der Waals surface area contributed by atoms with E-state index in [4.69, 9.17) is 9.47 Å². The molecule has 14 heavy (non-hydrogen) atoms. The summed E-state index contributed by atoms with van der Waals surface area (Å²) in [5, 5.41) is 0. The molecule has 1 heterocycles. The van der Waals surface area contributed by atoms with Crippen LogP contribution in [0.1, 0.15) is 47.0 Å². The van der Waals surface area contributed by atoms with Gasteiger partial charge in [-0.3, -0.25) is 0 Å². The van der Waals surface area contributed by atoms with Crippen molar-refractivity contribution in [2.24, 2.45) is 5.92 Å². The Morgan fingerprint density at radius 2 is 2.14 bits per heavy atom. The molecule has 1 aliphatic rings. The maximum Gasteiger partial charge on any atom is 0.509 e. The van der Waals surface area contributed by atoms with Gasteiger partial charge in [-0.05, 0) is 32.6 Å². The fourth-order valence-corrected chi connectivity index (χ4v) is 1.61. The van der Waals surface area contributed by atoms with E-state index >= 15 is 0 Å². The van der Waals surface area contributed by atoms with Gasteiger partial charge in [0, 0.05) is 0 Å². The van der Waals surface area contributed by atoms with Gasteiger partial charge < -0.3 is 9.47 Å². The van der Waals surface area contributed by atoms with Crippen molar-refractivity contribution in [1.29, 1.82) is 0 Å². The van der Waals surface area contributed by atoms with E-state index in [0.717, 1.165) is 12.8 Å². The fraction of sp³-hybridized carbons (Fsp3) is 0.909. The molecule has 0 aromatic carbocycles. The third-order valence-electron chi connectivity index (χ3n) is 2.98. The van der Waals surface area contributed by atoms with Crippen molar-refractivity contribution in [2.45, 2.75) is 58.7 Å². The molecule has 0 aromatic rings. The lowest BCUT2D eigenvalue weighted by Gasteiger charge is -2.22. The summed E-state index contributed by atoms with van der Waals surface area (Å²) in [7, 11) is 0. The van der Waals surface area contributed by atoms with E-state index in [9.17, 15) is 4.79 Å². The lowest BCUT2D eigenvalue weighted by atomic mass is 9.93. The lowest BCUT2D eigenvalue weighted by molar-refractivity contribution is 0.0582. The van der Waals surface area contributed by atoms with Crippen LogP contribution in [-0.2, 0) is 9.47 Å². The number of hydrogen-bond acceptors (Lipinski definition) is 3. The van der Waals surface area contributed by atoms with E-state index in [1.807, 2.05) is 13.8 Å². The Bertz CT molecular complexity index is 211. The van der Waals surface area contributed by atoms with Gasteiger partial charge in [0.15, 0.2) is 0 Å². The quantitative estimate of drug-likeness (QED) is 0.654. The van der Waals surface area contributed by atoms with E-state index in [1.54, 1.807) is 0 Å². The maximum atomic E-state index is 10.9. The molecule has 0 spiro atoms. The zero-order chi connectivity index (χ0) is 10.8. The molecule has 1 aliphatic heterocycles. The number of carbonyl (C=O) groups excluding carboxylic acids is 1. The molecule has 0 unspecified atom stereocenters. The van der Waals surface area contributed by atoms with Crippen LogP contribution in [0.2, 0.25) is 0 Å². The van der Waals surface area contributed by atoms with Crippen LogP contribution < -0.4 is 0 Å². The molecule has 3 nitrogen and oxygen atoms in total. The maximum absolute atomic E-state index is 10.9. The van der Waals surface area contributed by atoms with Crippen LogP contribution in [0.3, 0.4) is 0 Å². The Kier molecular flexibility index (Phi) is 3.40. The van der Waals surface area contributed by atoms with Crippen LogP contribution in [0.25, 0.3) is 0 Å². The topological polar surface area (TPSA) is 35.5 Å². The minimum atomic E-state index is -0.524. The van der Waals surface area contributed by atoms with Crippen LogP contribution in [-0.4, -0.2) is 17.9 Å². The summed E-state index contributed by atoms with van der Waals surface area (Å²) < 4.78 is 10.2. The standard InChI is InChI=1S/C11H20O3/c1-5-8(2)6-7-9-11(3,4)14-10(12)13-9/h8-9H,5-7H2,1-4H3/t8-,9+/m0/s1. The lowest BCUT2D eigenvalue weighted by Crippen LogP contribution is -2.33. The molecule has 1 rings (SSSR count). The van der Waals surface area contributed by atoms with Gasteiger partial charge in [-0.15, -0.1) is 0 Å². The Morgan fingerprint density at radius 1 is 1.50 bits per heavy atom. The molecule has 0 radical (unpaired) electrons. The molecular weight excluding hydrogens is 180 g/mol. The third kappa shape index (κ3) is 2.63. The second kappa shape index (κ2) is 4.20. The zero-order valence-electron chi connectivity index (χ0n) is 9.50. The normalized spacial score (nSPS) is 26.9. The first-order valence-electron chi connectivity index (χ1n) is 5.35. The summed E-state index contributed by atoms with van der Waals surface area (Å²) in [5.41, 5.74) is -0.454. The number of rotatable bonds is 4. The number of cyclic esters (lactones) is 2. The van der Waals surface area contributed by atoms with Crippen molar-refractivity contribution in [2.75, 3.05) is 0 Å². The van der Waals surface area contributed by atoms with Crippen LogP contribution >= 0.6 is 0 Å². The van der Waals surface area contributed by atoms with Gasteiger partial charge >= 0.3 is 6.16 Å². The highest BCUT2D eigenvalue weighted by Gasteiger charge is 2.43. The van der Waals surface area contributed by atoms with Crippen molar-refractivity contribution >= 4 is 6.16 Å². The van der Waals surface area contributed by atoms with Crippen molar-refractivity contribution in [3.05, 3.63) is 0 Å². The van der Waals surface area contributed by atoms with Crippen molar-refractivity contribution in [3.8, 4) is 0 Å². The summed E-state index contributed by atoms with van der Waals surface area (Å²) in [6.07, 6.45) is 2.55. The Hall–Kier alpha value is -0.730. The average Bonchev–Trinajstić information content (AvgIpc) is 2.35. The highest BCUT2D eigenvalue weighted by molar-refractivity contribution is 5.63. The molecule has 0 aromatic heterocycles. The predicted octanol–water partition coefficient (Wildman–Crippen LogP) is 3.13. The van der Waals surface area contributed by atoms with E-state index < -0.39 is 11.8 Å². The molecule has 82 valence electrons. The third-order valence-corrected chi connectivity index (χ3v) is 2.98. The Morgan fingerprint density at radius 3 is 2.57 bits per heavy atom. The van der Waals surface area contributed by atoms with E-state index in [1.165, 1.54) is 6.42 Å². The molecule has 0 saturated carbocycles. The largest absolute Gasteiger partial charge is 0.509 e. The minimum Gasteiger partial charge on any atom is -0.427 e. The van der Waals surface area contributed by atoms with Crippen LogP contribution in [0.15, 0.2) is 0 Å². The van der Waals surface area contributed by atoms with Crippen LogP contribution in [0.5, 0.6) is 0 Å². The summed E-state index contributed by atoms with van der Waals surface area (Å²) in [4.78, 5) is 10.9. The molecule has 0 bridgehead atoms. The minimum absolute atomic E-state index is 0.0796. The summed E-state index contributed by atoms with van der Waals surface area (Å²) >= 11 is 0.